The van der Waals surface area contributed by atoms with E-state index in [2.05, 4.69) is 5.32 Å². The summed E-state index contributed by atoms with van der Waals surface area (Å²) in [6, 6.07) is 11.2. The molecule has 0 fully saturated rings. The molecule has 0 bridgehead atoms. The fourth-order valence-electron chi connectivity index (χ4n) is 2.27. The van der Waals surface area contributed by atoms with Crippen LogP contribution in [-0.4, -0.2) is 23.2 Å². The smallest absolute Gasteiger partial charge is 0.287 e. The van der Waals surface area contributed by atoms with E-state index in [0.29, 0.717) is 17.9 Å². The van der Waals surface area contributed by atoms with E-state index in [0.717, 1.165) is 11.1 Å². The van der Waals surface area contributed by atoms with Crippen molar-refractivity contribution < 1.29 is 14.3 Å². The highest BCUT2D eigenvalue weighted by Gasteiger charge is 2.21. The van der Waals surface area contributed by atoms with Gasteiger partial charge in [0.1, 0.15) is 5.76 Å². The van der Waals surface area contributed by atoms with E-state index < -0.39 is 6.10 Å². The average molecular weight is 287 g/mol. The first kappa shape index (κ1) is 15.3. The summed E-state index contributed by atoms with van der Waals surface area (Å²) in [5, 5.41) is 13.0. The normalized spacial score (nSPS) is 13.7. The maximum Gasteiger partial charge on any atom is 0.287 e. The molecule has 2 atom stereocenters. The highest BCUT2D eigenvalue weighted by Crippen LogP contribution is 2.14. The summed E-state index contributed by atoms with van der Waals surface area (Å²) in [6.07, 6.45) is -0.147. The van der Waals surface area contributed by atoms with Gasteiger partial charge in [0.15, 0.2) is 5.76 Å². The van der Waals surface area contributed by atoms with Crippen LogP contribution < -0.4 is 5.32 Å². The molecule has 2 rings (SSSR count). The van der Waals surface area contributed by atoms with Gasteiger partial charge in [0.05, 0.1) is 12.1 Å². The summed E-state index contributed by atoms with van der Waals surface area (Å²) < 4.78 is 5.38. The second kappa shape index (κ2) is 6.59. The fraction of sp³-hybridized carbons (Fsp3) is 0.353. The van der Waals surface area contributed by atoms with Gasteiger partial charge in [-0.05, 0) is 32.4 Å². The molecule has 1 aromatic carbocycles. The van der Waals surface area contributed by atoms with Crippen molar-refractivity contribution in [1.29, 1.82) is 0 Å². The first-order chi connectivity index (χ1) is 9.97. The fourth-order valence-corrected chi connectivity index (χ4v) is 2.27. The third kappa shape index (κ3) is 3.95. The molecule has 0 spiro atoms. The maximum atomic E-state index is 12.1. The average Bonchev–Trinajstić information content (AvgIpc) is 2.78. The van der Waals surface area contributed by atoms with Crippen LogP contribution in [0.4, 0.5) is 0 Å². The van der Waals surface area contributed by atoms with Crippen LogP contribution >= 0.6 is 0 Å². The van der Waals surface area contributed by atoms with Crippen LogP contribution in [0.5, 0.6) is 0 Å². The number of benzene rings is 1. The van der Waals surface area contributed by atoms with Gasteiger partial charge in [-0.3, -0.25) is 4.79 Å². The molecular formula is C17H21NO3. The van der Waals surface area contributed by atoms with Gasteiger partial charge in [0.2, 0.25) is 0 Å². The second-order valence-electron chi connectivity index (χ2n) is 5.39. The number of nitrogens with one attached hydrogen (secondary N) is 1. The predicted octanol–water partition coefficient (Wildman–Crippen LogP) is 2.62. The van der Waals surface area contributed by atoms with Crippen LogP contribution in [-0.2, 0) is 6.42 Å². The molecule has 2 N–H and O–H groups in total. The number of aliphatic hydroxyl groups excluding tert-OH is 1. The Kier molecular flexibility index (Phi) is 4.81. The Morgan fingerprint density at radius 3 is 2.52 bits per heavy atom. The molecule has 1 heterocycles. The number of aryl methyl sites for hydroxylation is 2. The number of carbonyl (C=O) groups is 1. The zero-order valence-electron chi connectivity index (χ0n) is 12.6. The van der Waals surface area contributed by atoms with Gasteiger partial charge in [-0.15, -0.1) is 0 Å². The van der Waals surface area contributed by atoms with Crippen molar-refractivity contribution in [3.63, 3.8) is 0 Å². The lowest BCUT2D eigenvalue weighted by Crippen LogP contribution is -2.42. The highest BCUT2D eigenvalue weighted by molar-refractivity contribution is 5.93. The van der Waals surface area contributed by atoms with Crippen LogP contribution in [0.1, 0.15) is 34.4 Å². The zero-order valence-corrected chi connectivity index (χ0v) is 12.6. The number of hydrogen-bond acceptors (Lipinski definition) is 3. The molecule has 112 valence electrons. The molecule has 2 unspecified atom stereocenters. The Balaban J connectivity index is 1.96. The van der Waals surface area contributed by atoms with Crippen molar-refractivity contribution in [3.05, 3.63) is 59.0 Å². The molecule has 0 aliphatic carbocycles. The molecule has 4 heteroatoms. The Morgan fingerprint density at radius 1 is 1.29 bits per heavy atom. The monoisotopic (exact) mass is 287 g/mol. The number of furan rings is 1. The van der Waals surface area contributed by atoms with E-state index in [1.165, 1.54) is 0 Å². The Labute approximate surface area is 124 Å². The minimum atomic E-state index is -0.646. The summed E-state index contributed by atoms with van der Waals surface area (Å²) in [5.74, 6) is 0.724. The molecule has 1 amide bonds. The number of aliphatic hydroxyl groups is 1. The lowest BCUT2D eigenvalue weighted by Gasteiger charge is -2.20. The topological polar surface area (TPSA) is 62.5 Å². The van der Waals surface area contributed by atoms with Gasteiger partial charge in [-0.2, -0.15) is 0 Å². The minimum Gasteiger partial charge on any atom is -0.456 e. The number of rotatable bonds is 5. The molecule has 1 aromatic heterocycles. The van der Waals surface area contributed by atoms with Crippen molar-refractivity contribution in [1.82, 2.24) is 5.32 Å². The van der Waals surface area contributed by atoms with Crippen LogP contribution in [0, 0.1) is 13.8 Å². The summed E-state index contributed by atoms with van der Waals surface area (Å²) in [4.78, 5) is 12.1. The van der Waals surface area contributed by atoms with Crippen LogP contribution in [0.25, 0.3) is 0 Å². The third-order valence-corrected chi connectivity index (χ3v) is 3.47. The van der Waals surface area contributed by atoms with Crippen LogP contribution in [0.15, 0.2) is 40.8 Å². The summed E-state index contributed by atoms with van der Waals surface area (Å²) >= 11 is 0. The van der Waals surface area contributed by atoms with E-state index in [1.807, 2.05) is 43.3 Å². The SMILES string of the molecule is Cc1cc(C)c(C(=O)NC(C)C(O)Cc2ccccc2)o1. The van der Waals surface area contributed by atoms with Crippen molar-refractivity contribution in [3.8, 4) is 0 Å². The lowest BCUT2D eigenvalue weighted by atomic mass is 10.0. The quantitative estimate of drug-likeness (QED) is 0.888. The van der Waals surface area contributed by atoms with Crippen LogP contribution in [0.2, 0.25) is 0 Å². The third-order valence-electron chi connectivity index (χ3n) is 3.47. The number of hydrogen-bond donors (Lipinski definition) is 2. The predicted molar refractivity (Wildman–Crippen MR) is 81.3 cm³/mol. The Hall–Kier alpha value is -2.07. The largest absolute Gasteiger partial charge is 0.456 e. The molecule has 21 heavy (non-hydrogen) atoms. The summed E-state index contributed by atoms with van der Waals surface area (Å²) in [6.45, 7) is 5.42. The van der Waals surface area contributed by atoms with E-state index in [4.69, 9.17) is 4.42 Å². The first-order valence-electron chi connectivity index (χ1n) is 7.07. The van der Waals surface area contributed by atoms with E-state index in [-0.39, 0.29) is 11.9 Å². The number of amides is 1. The van der Waals surface area contributed by atoms with Gasteiger partial charge < -0.3 is 14.8 Å². The van der Waals surface area contributed by atoms with Gasteiger partial charge >= 0.3 is 0 Å². The van der Waals surface area contributed by atoms with E-state index in [1.54, 1.807) is 13.8 Å². The van der Waals surface area contributed by atoms with Crippen molar-refractivity contribution >= 4 is 5.91 Å². The van der Waals surface area contributed by atoms with E-state index >= 15 is 0 Å². The van der Waals surface area contributed by atoms with Gasteiger partial charge in [-0.1, -0.05) is 30.3 Å². The minimum absolute atomic E-state index is 0.291. The molecule has 2 aromatic rings. The molecule has 0 aliphatic rings. The first-order valence-corrected chi connectivity index (χ1v) is 7.07. The van der Waals surface area contributed by atoms with Gasteiger partial charge in [0, 0.05) is 12.0 Å². The second-order valence-corrected chi connectivity index (χ2v) is 5.39. The summed E-state index contributed by atoms with van der Waals surface area (Å²) in [7, 11) is 0. The molecule has 0 saturated carbocycles. The molecule has 0 aliphatic heterocycles. The highest BCUT2D eigenvalue weighted by atomic mass is 16.3. The Morgan fingerprint density at radius 2 is 1.95 bits per heavy atom. The van der Waals surface area contributed by atoms with Gasteiger partial charge in [-0.25, -0.2) is 0 Å². The molecule has 4 nitrogen and oxygen atoms in total. The van der Waals surface area contributed by atoms with Crippen LogP contribution in [0.3, 0.4) is 0 Å². The molecule has 0 saturated heterocycles. The van der Waals surface area contributed by atoms with Crippen molar-refractivity contribution in [2.24, 2.45) is 0 Å². The molecular weight excluding hydrogens is 266 g/mol. The Bertz CT molecular complexity index is 604. The molecule has 0 radical (unpaired) electrons. The zero-order chi connectivity index (χ0) is 15.4. The maximum absolute atomic E-state index is 12.1. The summed E-state index contributed by atoms with van der Waals surface area (Å²) in [5.41, 5.74) is 1.84. The van der Waals surface area contributed by atoms with Crippen molar-refractivity contribution in [2.75, 3.05) is 0 Å². The van der Waals surface area contributed by atoms with Crippen molar-refractivity contribution in [2.45, 2.75) is 39.3 Å². The van der Waals surface area contributed by atoms with Gasteiger partial charge in [0.25, 0.3) is 5.91 Å². The standard InChI is InChI=1S/C17H21NO3/c1-11-9-12(2)21-16(11)17(20)18-13(3)15(19)10-14-7-5-4-6-8-14/h4-9,13,15,19H,10H2,1-3H3,(H,18,20). The van der Waals surface area contributed by atoms with E-state index in [9.17, 15) is 9.90 Å². The number of carbonyl (C=O) groups excluding carboxylic acids is 1. The lowest BCUT2D eigenvalue weighted by molar-refractivity contribution is 0.0824.